The van der Waals surface area contributed by atoms with Gasteiger partial charge < -0.3 is 24.1 Å². The van der Waals surface area contributed by atoms with Crippen molar-refractivity contribution in [3.05, 3.63) is 27.8 Å². The molecule has 0 radical (unpaired) electrons. The summed E-state index contributed by atoms with van der Waals surface area (Å²) in [6.07, 6.45) is 5.92. The summed E-state index contributed by atoms with van der Waals surface area (Å²) < 4.78 is 23.8. The molecule has 0 amide bonds. The lowest BCUT2D eigenvalue weighted by Gasteiger charge is -2.36. The van der Waals surface area contributed by atoms with E-state index in [0.29, 0.717) is 31.4 Å². The Morgan fingerprint density at radius 2 is 2.00 bits per heavy atom. The molecule has 0 spiro atoms. The Morgan fingerprint density at radius 1 is 1.21 bits per heavy atom. The number of hydrogen-bond acceptors (Lipinski definition) is 6. The molecule has 0 saturated carbocycles. The van der Waals surface area contributed by atoms with Crippen LogP contribution in [0.15, 0.2) is 0 Å². The van der Waals surface area contributed by atoms with Crippen molar-refractivity contribution in [1.82, 2.24) is 0 Å². The minimum absolute atomic E-state index is 0.211. The third-order valence-electron chi connectivity index (χ3n) is 7.19. The first-order chi connectivity index (χ1) is 15.6. The van der Waals surface area contributed by atoms with Crippen LogP contribution in [0.4, 0.5) is 0 Å². The lowest BCUT2D eigenvalue weighted by molar-refractivity contribution is -0.209. The van der Waals surface area contributed by atoms with Crippen LogP contribution in [0.2, 0.25) is 0 Å². The molecule has 1 aromatic rings. The quantitative estimate of drug-likeness (QED) is 0.618. The number of carbonyl (C=O) groups excluding carboxylic acids is 1. The molecule has 2 fully saturated rings. The number of hydrogen-bond donors (Lipinski definition) is 1. The molecule has 3 atom stereocenters. The number of benzene rings is 1. The van der Waals surface area contributed by atoms with Gasteiger partial charge in [0.15, 0.2) is 6.29 Å². The number of carbonyl (C=O) groups is 2. The van der Waals surface area contributed by atoms with Crippen LogP contribution < -0.4 is 4.74 Å². The molecule has 2 saturated heterocycles. The van der Waals surface area contributed by atoms with Crippen molar-refractivity contribution < 1.29 is 33.6 Å². The van der Waals surface area contributed by atoms with Crippen LogP contribution in [0.1, 0.15) is 91.4 Å². The van der Waals surface area contributed by atoms with Gasteiger partial charge in [0.05, 0.1) is 18.1 Å². The number of rotatable bonds is 6. The summed E-state index contributed by atoms with van der Waals surface area (Å²) in [5.74, 6) is -0.348. The average molecular weight is 461 g/mol. The Kier molecular flexibility index (Phi) is 7.01. The van der Waals surface area contributed by atoms with Crippen molar-refractivity contribution in [3.8, 4) is 5.75 Å². The highest BCUT2D eigenvalue weighted by molar-refractivity contribution is 5.92. The van der Waals surface area contributed by atoms with Crippen LogP contribution in [-0.4, -0.2) is 47.8 Å². The molecule has 3 unspecified atom stereocenters. The topological polar surface area (TPSA) is 91.3 Å². The Balaban J connectivity index is 1.53. The summed E-state index contributed by atoms with van der Waals surface area (Å²) >= 11 is 0. The van der Waals surface area contributed by atoms with Gasteiger partial charge in [0.1, 0.15) is 17.5 Å². The Hall–Kier alpha value is -2.12. The minimum Gasteiger partial charge on any atom is -0.487 e. The zero-order chi connectivity index (χ0) is 23.8. The highest BCUT2D eigenvalue weighted by atomic mass is 16.7. The fourth-order valence-corrected chi connectivity index (χ4v) is 5.37. The van der Waals surface area contributed by atoms with Crippen LogP contribution >= 0.6 is 0 Å². The van der Waals surface area contributed by atoms with Gasteiger partial charge in [-0.05, 0) is 94.9 Å². The van der Waals surface area contributed by atoms with Crippen molar-refractivity contribution in [1.29, 1.82) is 0 Å². The maximum Gasteiger partial charge on any atom is 0.336 e. The maximum absolute atomic E-state index is 12.3. The third kappa shape index (κ3) is 5.35. The summed E-state index contributed by atoms with van der Waals surface area (Å²) in [5, 5.41) is 9.88. The van der Waals surface area contributed by atoms with E-state index in [4.69, 9.17) is 18.9 Å². The second-order valence-corrected chi connectivity index (χ2v) is 10.2. The van der Waals surface area contributed by atoms with E-state index in [0.717, 1.165) is 60.1 Å². The molecule has 3 aliphatic rings. The second-order valence-electron chi connectivity index (χ2n) is 10.2. The monoisotopic (exact) mass is 460 g/mol. The Labute approximate surface area is 195 Å². The predicted molar refractivity (Wildman–Crippen MR) is 122 cm³/mol. The average Bonchev–Trinajstić information content (AvgIpc) is 2.73. The summed E-state index contributed by atoms with van der Waals surface area (Å²) in [6.45, 7) is 8.56. The van der Waals surface area contributed by atoms with Crippen LogP contribution in [-0.2, 0) is 31.8 Å². The molecule has 1 aromatic carbocycles. The van der Waals surface area contributed by atoms with Crippen molar-refractivity contribution in [2.75, 3.05) is 6.61 Å². The molecule has 33 heavy (non-hydrogen) atoms. The van der Waals surface area contributed by atoms with E-state index < -0.39 is 5.97 Å². The van der Waals surface area contributed by atoms with Crippen LogP contribution in [0, 0.1) is 13.8 Å². The fourth-order valence-electron chi connectivity index (χ4n) is 5.37. The lowest BCUT2D eigenvalue weighted by atomic mass is 9.83. The van der Waals surface area contributed by atoms with E-state index in [1.165, 1.54) is 0 Å². The predicted octanol–water partition coefficient (Wildman–Crippen LogP) is 4.66. The summed E-state index contributed by atoms with van der Waals surface area (Å²) in [7, 11) is 0. The van der Waals surface area contributed by atoms with Crippen LogP contribution in [0.3, 0.4) is 0 Å². The van der Waals surface area contributed by atoms with Gasteiger partial charge in [0, 0.05) is 13.0 Å². The van der Waals surface area contributed by atoms with Crippen LogP contribution in [0.5, 0.6) is 5.75 Å². The van der Waals surface area contributed by atoms with E-state index in [2.05, 4.69) is 13.8 Å². The second kappa shape index (κ2) is 9.63. The first-order valence-corrected chi connectivity index (χ1v) is 12.2. The number of aromatic carboxylic acids is 1. The zero-order valence-electron chi connectivity index (χ0n) is 20.2. The van der Waals surface area contributed by atoms with E-state index >= 15 is 0 Å². The highest BCUT2D eigenvalue weighted by Gasteiger charge is 2.35. The first-order valence-electron chi connectivity index (χ1n) is 12.2. The normalized spacial score (nSPS) is 26.8. The molecule has 7 heteroatoms. The lowest BCUT2D eigenvalue weighted by Crippen LogP contribution is -2.38. The van der Waals surface area contributed by atoms with Crippen molar-refractivity contribution in [2.45, 2.75) is 110 Å². The third-order valence-corrected chi connectivity index (χ3v) is 7.19. The van der Waals surface area contributed by atoms with E-state index in [-0.39, 0.29) is 36.5 Å². The van der Waals surface area contributed by atoms with Crippen LogP contribution in [0.25, 0.3) is 0 Å². The molecule has 4 rings (SSSR count). The molecule has 0 bridgehead atoms. The molecular weight excluding hydrogens is 424 g/mol. The molecule has 182 valence electrons. The van der Waals surface area contributed by atoms with Crippen molar-refractivity contribution >= 4 is 11.9 Å². The summed E-state index contributed by atoms with van der Waals surface area (Å²) in [4.78, 5) is 24.3. The number of esters is 1. The molecule has 3 aliphatic heterocycles. The van der Waals surface area contributed by atoms with E-state index in [1.54, 1.807) is 0 Å². The standard InChI is InChI=1S/C26H36O7/c1-15-19(24-20(10-11-26(3,4)33-24)16(2)23(15)25(28)29)9-8-17-13-18(14-21(27)31-17)32-22-7-5-6-12-30-22/h17-18,22H,5-14H2,1-4H3,(H,28,29). The number of ether oxygens (including phenoxy) is 4. The van der Waals surface area contributed by atoms with Crippen molar-refractivity contribution in [2.24, 2.45) is 0 Å². The van der Waals surface area contributed by atoms with E-state index in [9.17, 15) is 14.7 Å². The molecule has 0 aliphatic carbocycles. The molecule has 0 aromatic heterocycles. The molecule has 1 N–H and O–H groups in total. The summed E-state index contributed by atoms with van der Waals surface area (Å²) in [6, 6.07) is 0. The fraction of sp³-hybridized carbons (Fsp3) is 0.692. The minimum atomic E-state index is -0.913. The van der Waals surface area contributed by atoms with Gasteiger partial charge in [-0.15, -0.1) is 0 Å². The van der Waals surface area contributed by atoms with Gasteiger partial charge in [-0.3, -0.25) is 4.79 Å². The maximum atomic E-state index is 12.3. The van der Waals surface area contributed by atoms with Gasteiger partial charge in [-0.2, -0.15) is 0 Å². The Morgan fingerprint density at radius 3 is 2.70 bits per heavy atom. The molecular formula is C26H36O7. The number of cyclic esters (lactones) is 1. The molecule has 3 heterocycles. The first kappa shape index (κ1) is 24.0. The van der Waals surface area contributed by atoms with Gasteiger partial charge in [0.2, 0.25) is 0 Å². The van der Waals surface area contributed by atoms with Gasteiger partial charge in [-0.25, -0.2) is 4.79 Å². The van der Waals surface area contributed by atoms with Gasteiger partial charge in [0.25, 0.3) is 0 Å². The number of carboxylic acid groups (broad SMARTS) is 1. The zero-order valence-corrected chi connectivity index (χ0v) is 20.2. The number of fused-ring (bicyclic) bond motifs is 1. The number of carboxylic acids is 1. The molecule has 7 nitrogen and oxygen atoms in total. The smallest absolute Gasteiger partial charge is 0.336 e. The van der Waals surface area contributed by atoms with Gasteiger partial charge in [-0.1, -0.05) is 0 Å². The Bertz CT molecular complexity index is 914. The van der Waals surface area contributed by atoms with E-state index in [1.807, 2.05) is 13.8 Å². The highest BCUT2D eigenvalue weighted by Crippen LogP contribution is 2.42. The SMILES string of the molecule is Cc1c(CCC2CC(OC3CCCCO3)CC(=O)O2)c2c(c(C)c1C(=O)O)CCC(C)(C)O2. The summed E-state index contributed by atoms with van der Waals surface area (Å²) in [5.41, 5.74) is 3.49. The van der Waals surface area contributed by atoms with Gasteiger partial charge >= 0.3 is 11.9 Å². The largest absolute Gasteiger partial charge is 0.487 e. The van der Waals surface area contributed by atoms with Crippen molar-refractivity contribution in [3.63, 3.8) is 0 Å².